The van der Waals surface area contributed by atoms with Crippen molar-refractivity contribution in [3.8, 4) is 33.4 Å². The van der Waals surface area contributed by atoms with Gasteiger partial charge in [-0.2, -0.15) is 0 Å². The molecule has 0 spiro atoms. The van der Waals surface area contributed by atoms with Crippen molar-refractivity contribution < 1.29 is 0 Å². The fourth-order valence-corrected chi connectivity index (χ4v) is 14.7. The van der Waals surface area contributed by atoms with E-state index < -0.39 is 5.41 Å². The third-order valence-corrected chi connectivity index (χ3v) is 18.1. The van der Waals surface area contributed by atoms with Gasteiger partial charge in [-0.05, 0) is 125 Å². The number of benzene rings is 9. The van der Waals surface area contributed by atoms with E-state index in [4.69, 9.17) is 0 Å². The molecule has 0 amide bonds. The molecule has 1 nitrogen and oxygen atoms in total. The summed E-state index contributed by atoms with van der Waals surface area (Å²) < 4.78 is 2.80. The molecule has 9 aromatic carbocycles. The Morgan fingerprint density at radius 3 is 1.56 bits per heavy atom. The van der Waals surface area contributed by atoms with Gasteiger partial charge >= 0.3 is 0 Å². The van der Waals surface area contributed by atoms with Gasteiger partial charge in [0.1, 0.15) is 0 Å². The third-order valence-electron chi connectivity index (χ3n) is 16.8. The second-order valence-electron chi connectivity index (χ2n) is 23.7. The molecule has 13 rings (SSSR count). The minimum absolute atomic E-state index is 0.0163. The van der Waals surface area contributed by atoms with Crippen molar-refractivity contribution in [2.45, 2.75) is 96.3 Å². The highest BCUT2D eigenvalue weighted by atomic mass is 32.1. The van der Waals surface area contributed by atoms with Crippen LogP contribution in [-0.2, 0) is 27.1 Å². The molecular weight excluding hydrogens is 875 g/mol. The van der Waals surface area contributed by atoms with E-state index in [1.54, 1.807) is 0 Å². The van der Waals surface area contributed by atoms with Crippen molar-refractivity contribution in [3.63, 3.8) is 0 Å². The molecule has 0 saturated heterocycles. The first kappa shape index (κ1) is 44.0. The average molecular weight is 936 g/mol. The lowest BCUT2D eigenvalue weighted by Gasteiger charge is -2.35. The Labute approximate surface area is 424 Å². The van der Waals surface area contributed by atoms with Crippen molar-refractivity contribution in [3.05, 3.63) is 244 Å². The van der Waals surface area contributed by atoms with Gasteiger partial charge in [-0.3, -0.25) is 0 Å². The molecule has 0 saturated carbocycles. The highest BCUT2D eigenvalue weighted by molar-refractivity contribution is 7.26. The van der Waals surface area contributed by atoms with Crippen molar-refractivity contribution in [1.29, 1.82) is 0 Å². The quantitative estimate of drug-likeness (QED) is 0.166. The van der Waals surface area contributed by atoms with Crippen LogP contribution < -0.4 is 4.90 Å². The lowest BCUT2D eigenvalue weighted by molar-refractivity contribution is 0.573. The molecule has 10 aromatic rings. The summed E-state index contributed by atoms with van der Waals surface area (Å²) in [4.78, 5) is 2.59. The molecule has 1 aromatic heterocycles. The van der Waals surface area contributed by atoms with Crippen LogP contribution in [-0.4, -0.2) is 0 Å². The van der Waals surface area contributed by atoms with Crippen molar-refractivity contribution >= 4 is 48.6 Å². The van der Waals surface area contributed by atoms with Crippen LogP contribution in [0.25, 0.3) is 53.6 Å². The first-order valence-electron chi connectivity index (χ1n) is 25.6. The molecule has 2 heteroatoms. The third kappa shape index (κ3) is 6.10. The van der Waals surface area contributed by atoms with Crippen LogP contribution in [0, 0.1) is 0 Å². The largest absolute Gasteiger partial charge is 0.310 e. The molecule has 1 heterocycles. The molecule has 0 atom stereocenters. The van der Waals surface area contributed by atoms with Crippen molar-refractivity contribution in [1.82, 2.24) is 0 Å². The number of rotatable bonds is 5. The van der Waals surface area contributed by atoms with E-state index in [0.29, 0.717) is 0 Å². The lowest BCUT2D eigenvalue weighted by atomic mass is 9.68. The molecule has 0 bridgehead atoms. The average Bonchev–Trinajstić information content (AvgIpc) is 4.04. The van der Waals surface area contributed by atoms with Gasteiger partial charge in [0.2, 0.25) is 0 Å². The number of hydrogen-bond donors (Lipinski definition) is 0. The summed E-state index contributed by atoms with van der Waals surface area (Å²) in [7, 11) is 0. The van der Waals surface area contributed by atoms with Crippen LogP contribution in [0.15, 0.2) is 188 Å². The molecular formula is C69H61NS. The highest BCUT2D eigenvalue weighted by Gasteiger charge is 2.46. The molecule has 348 valence electrons. The standard InChI is InChI=1S/C69H61NS/c1-65(2,3)44-39-52-51-37-38-57-62(64(51)71-63(52)59(40-44)66(4,5)6)61-56(68(57,9)10)29-20-30-60(61)70(46-35-36-50-47-23-14-17-26-53(47)67(7,8)58(50)41-46)45-33-31-43(32-34-45)69(42-21-12-11-13-22-42)54-27-18-15-24-48(54)49-25-16-19-28-55(49)69/h11-41H,1-10H3. The highest BCUT2D eigenvalue weighted by Crippen LogP contribution is 2.61. The maximum absolute atomic E-state index is 2.59. The summed E-state index contributed by atoms with van der Waals surface area (Å²) in [5.74, 6) is 0. The van der Waals surface area contributed by atoms with E-state index in [0.717, 1.165) is 5.69 Å². The first-order valence-corrected chi connectivity index (χ1v) is 26.4. The van der Waals surface area contributed by atoms with Crippen molar-refractivity contribution in [2.24, 2.45) is 0 Å². The molecule has 71 heavy (non-hydrogen) atoms. The predicted octanol–water partition coefficient (Wildman–Crippen LogP) is 19.1. The van der Waals surface area contributed by atoms with E-state index in [1.165, 1.54) is 121 Å². The van der Waals surface area contributed by atoms with E-state index in [2.05, 4.69) is 262 Å². The number of thiophene rings is 1. The van der Waals surface area contributed by atoms with Crippen LogP contribution in [0.5, 0.6) is 0 Å². The molecule has 0 N–H and O–H groups in total. The molecule has 3 aliphatic carbocycles. The van der Waals surface area contributed by atoms with Crippen molar-refractivity contribution in [2.75, 3.05) is 4.90 Å². The number of hydrogen-bond acceptors (Lipinski definition) is 2. The van der Waals surface area contributed by atoms with E-state index in [9.17, 15) is 0 Å². The normalized spacial score (nSPS) is 15.5. The maximum atomic E-state index is 2.59. The van der Waals surface area contributed by atoms with Gasteiger partial charge in [0.25, 0.3) is 0 Å². The number of fused-ring (bicyclic) bond motifs is 13. The van der Waals surface area contributed by atoms with Crippen LogP contribution in [0.4, 0.5) is 17.1 Å². The Kier molecular flexibility index (Phi) is 9.30. The summed E-state index contributed by atoms with van der Waals surface area (Å²) in [5.41, 5.74) is 24.2. The van der Waals surface area contributed by atoms with Crippen LogP contribution >= 0.6 is 11.3 Å². The smallest absolute Gasteiger partial charge is 0.0713 e. The Morgan fingerprint density at radius 1 is 0.380 bits per heavy atom. The Balaban J connectivity index is 1.08. The predicted molar refractivity (Wildman–Crippen MR) is 304 cm³/mol. The number of anilines is 3. The Hall–Kier alpha value is -7.00. The summed E-state index contributed by atoms with van der Waals surface area (Å²) in [5, 5.41) is 2.74. The van der Waals surface area contributed by atoms with Gasteiger partial charge in [0.15, 0.2) is 0 Å². The van der Waals surface area contributed by atoms with E-state index in [-0.39, 0.29) is 21.7 Å². The summed E-state index contributed by atoms with van der Waals surface area (Å²) in [6, 6.07) is 72.2. The Morgan fingerprint density at radius 2 is 0.915 bits per heavy atom. The van der Waals surface area contributed by atoms with Gasteiger partial charge < -0.3 is 4.90 Å². The second-order valence-corrected chi connectivity index (χ2v) is 24.7. The van der Waals surface area contributed by atoms with Gasteiger partial charge in [-0.1, -0.05) is 221 Å². The van der Waals surface area contributed by atoms with E-state index in [1.807, 2.05) is 11.3 Å². The molecule has 0 aliphatic heterocycles. The second kappa shape index (κ2) is 15.0. The molecule has 0 unspecified atom stereocenters. The van der Waals surface area contributed by atoms with E-state index >= 15 is 0 Å². The first-order chi connectivity index (χ1) is 34.0. The summed E-state index contributed by atoms with van der Waals surface area (Å²) >= 11 is 2.01. The van der Waals surface area contributed by atoms with Crippen LogP contribution in [0.3, 0.4) is 0 Å². The maximum Gasteiger partial charge on any atom is 0.0713 e. The van der Waals surface area contributed by atoms with Crippen LogP contribution in [0.2, 0.25) is 0 Å². The lowest BCUT2D eigenvalue weighted by Crippen LogP contribution is -2.28. The summed E-state index contributed by atoms with van der Waals surface area (Å²) in [6.07, 6.45) is 0. The fraction of sp³-hybridized carbons (Fsp3) is 0.217. The topological polar surface area (TPSA) is 3.24 Å². The zero-order valence-corrected chi connectivity index (χ0v) is 43.6. The zero-order chi connectivity index (χ0) is 49.0. The van der Waals surface area contributed by atoms with Gasteiger partial charge in [0.05, 0.1) is 11.1 Å². The minimum atomic E-state index is -0.482. The Bertz CT molecular complexity index is 3780. The fourth-order valence-electron chi connectivity index (χ4n) is 13.2. The molecule has 0 fully saturated rings. The summed E-state index contributed by atoms with van der Waals surface area (Å²) in [6.45, 7) is 23.9. The zero-order valence-electron chi connectivity index (χ0n) is 42.8. The van der Waals surface area contributed by atoms with Gasteiger partial charge in [0, 0.05) is 53.5 Å². The van der Waals surface area contributed by atoms with Gasteiger partial charge in [-0.15, -0.1) is 11.3 Å². The van der Waals surface area contributed by atoms with Gasteiger partial charge in [-0.25, -0.2) is 0 Å². The van der Waals surface area contributed by atoms with Crippen LogP contribution in [0.1, 0.15) is 125 Å². The number of nitrogens with zero attached hydrogens (tertiary/aromatic N) is 1. The monoisotopic (exact) mass is 935 g/mol. The molecule has 3 aliphatic rings. The SMILES string of the molecule is CC(C)(C)c1cc(C(C)(C)C)c2sc3c4c(ccc3c2c1)C(C)(C)c1cccc(N(c2ccc(C3(c5ccccc5)c5ccccc5-c5ccccc53)cc2)c2ccc3c(c2)C(C)(C)c2ccccc2-3)c1-4. The molecule has 0 radical (unpaired) electrons. The minimum Gasteiger partial charge on any atom is -0.310 e.